The van der Waals surface area contributed by atoms with Gasteiger partial charge < -0.3 is 27.0 Å². The average Bonchev–Trinajstić information content (AvgIpc) is 2.87. The number of benzene rings is 2. The Labute approximate surface area is 213 Å². The topological polar surface area (TPSA) is 149 Å². The second-order valence-corrected chi connectivity index (χ2v) is 9.00. The number of rotatable bonds is 15. The Hall–Kier alpha value is -3.72. The molecule has 3 atom stereocenters. The van der Waals surface area contributed by atoms with Crippen molar-refractivity contribution in [2.45, 2.75) is 57.8 Å². The number of carbonyl (C=O) groups excluding carboxylic acids is 3. The minimum atomic E-state index is -0.819. The third kappa shape index (κ3) is 10.3. The lowest BCUT2D eigenvalue weighted by Gasteiger charge is -2.26. The number of carbonyl (C=O) groups is 2. The number of nitrogens with two attached hydrogens (primary N) is 1. The molecule has 0 saturated carbocycles. The fourth-order valence-corrected chi connectivity index (χ4v) is 3.68. The molecule has 0 fully saturated rings. The minimum Gasteiger partial charge on any atom is -0.370 e. The minimum absolute atomic E-state index is 0.154. The molecule has 0 spiro atoms. The van der Waals surface area contributed by atoms with E-state index in [0.29, 0.717) is 32.4 Å². The number of hydrogen-bond acceptors (Lipinski definition) is 5. The highest BCUT2D eigenvalue weighted by atomic mass is 16.2. The summed E-state index contributed by atoms with van der Waals surface area (Å²) in [5.41, 5.74) is 7.29. The fraction of sp³-hybridized carbons (Fsp3) is 0.407. The Kier molecular flexibility index (Phi) is 12.1. The van der Waals surface area contributed by atoms with Crippen molar-refractivity contribution in [3.05, 3.63) is 71.8 Å². The molecule has 0 aliphatic carbocycles. The molecular weight excluding hydrogens is 456 g/mol. The van der Waals surface area contributed by atoms with Gasteiger partial charge in [0.05, 0.1) is 12.1 Å². The van der Waals surface area contributed by atoms with Gasteiger partial charge >= 0.3 is 0 Å². The lowest BCUT2D eigenvalue weighted by molar-refractivity contribution is -0.131. The van der Waals surface area contributed by atoms with Crippen LogP contribution in [0.1, 0.15) is 37.8 Å². The average molecular weight is 494 g/mol. The highest BCUT2D eigenvalue weighted by Crippen LogP contribution is 2.09. The smallest absolute Gasteiger partial charge is 0.243 e. The maximum Gasteiger partial charge on any atom is 0.243 e. The van der Waals surface area contributed by atoms with Gasteiger partial charge in [0.2, 0.25) is 18.1 Å². The van der Waals surface area contributed by atoms with Crippen LogP contribution in [0.25, 0.3) is 0 Å². The van der Waals surface area contributed by atoms with E-state index in [1.807, 2.05) is 80.8 Å². The van der Waals surface area contributed by atoms with Crippen molar-refractivity contribution in [1.82, 2.24) is 21.3 Å². The monoisotopic (exact) mass is 493 g/mol. The Morgan fingerprint density at radius 2 is 1.56 bits per heavy atom. The molecular formula is C27H37N6O3. The lowest BCUT2D eigenvalue weighted by Crippen LogP contribution is -2.56. The van der Waals surface area contributed by atoms with Gasteiger partial charge in [0.15, 0.2) is 5.96 Å². The van der Waals surface area contributed by atoms with Crippen LogP contribution in [0.4, 0.5) is 0 Å². The van der Waals surface area contributed by atoms with Gasteiger partial charge in [-0.25, -0.2) is 0 Å². The number of hydrogen-bond donors (Lipinski definition) is 6. The van der Waals surface area contributed by atoms with E-state index in [9.17, 15) is 14.4 Å². The van der Waals surface area contributed by atoms with Crippen LogP contribution in [0.3, 0.4) is 0 Å². The summed E-state index contributed by atoms with van der Waals surface area (Å²) in [4.78, 5) is 37.7. The summed E-state index contributed by atoms with van der Waals surface area (Å²) < 4.78 is 0. The Morgan fingerprint density at radius 1 is 0.944 bits per heavy atom. The molecule has 9 heteroatoms. The predicted molar refractivity (Wildman–Crippen MR) is 141 cm³/mol. The van der Waals surface area contributed by atoms with E-state index in [4.69, 9.17) is 11.1 Å². The standard InChI is InChI=1S/C27H37N6O3/c1-19(2)24(26(36)32-22(18-34)14-9-15-30-27(28)29)33-25(35)23(16-20-10-5-3-6-11-20)31-17-21-12-7-4-8-13-21/h3-8,10-13,19,22-24,31H,9,14-17H2,1-2H3,(H,32,36)(H,33,35)(H4,28,29,30). The summed E-state index contributed by atoms with van der Waals surface area (Å²) in [5.74, 6) is -1.08. The predicted octanol–water partition coefficient (Wildman–Crippen LogP) is 1.39. The van der Waals surface area contributed by atoms with E-state index in [2.05, 4.69) is 21.3 Å². The quantitative estimate of drug-likeness (QED) is 0.125. The van der Waals surface area contributed by atoms with Crippen LogP contribution >= 0.6 is 0 Å². The zero-order valence-electron chi connectivity index (χ0n) is 20.9. The molecule has 3 unspecified atom stereocenters. The highest BCUT2D eigenvalue weighted by molar-refractivity contribution is 5.91. The van der Waals surface area contributed by atoms with Crippen LogP contribution in [-0.4, -0.2) is 48.7 Å². The van der Waals surface area contributed by atoms with E-state index in [0.717, 1.165) is 11.1 Å². The van der Waals surface area contributed by atoms with Crippen LogP contribution in [-0.2, 0) is 27.3 Å². The maximum atomic E-state index is 13.3. The molecule has 1 radical (unpaired) electrons. The van der Waals surface area contributed by atoms with Crippen molar-refractivity contribution in [3.63, 3.8) is 0 Å². The molecule has 2 amide bonds. The largest absolute Gasteiger partial charge is 0.370 e. The van der Waals surface area contributed by atoms with Gasteiger partial charge in [-0.05, 0) is 36.3 Å². The molecule has 2 aromatic rings. The molecule has 0 saturated heterocycles. The first-order chi connectivity index (χ1) is 17.3. The van der Waals surface area contributed by atoms with E-state index in [1.165, 1.54) is 0 Å². The molecule has 0 bridgehead atoms. The van der Waals surface area contributed by atoms with Crippen LogP contribution in [0.15, 0.2) is 60.7 Å². The van der Waals surface area contributed by atoms with Crippen LogP contribution in [0, 0.1) is 11.3 Å². The van der Waals surface area contributed by atoms with E-state index in [1.54, 1.807) is 0 Å². The molecule has 36 heavy (non-hydrogen) atoms. The zero-order valence-corrected chi connectivity index (χ0v) is 20.9. The lowest BCUT2D eigenvalue weighted by atomic mass is 10.00. The molecule has 0 aromatic heterocycles. The van der Waals surface area contributed by atoms with Gasteiger partial charge in [0.25, 0.3) is 0 Å². The summed E-state index contributed by atoms with van der Waals surface area (Å²) in [6, 6.07) is 17.3. The second-order valence-electron chi connectivity index (χ2n) is 9.00. The fourth-order valence-electron chi connectivity index (χ4n) is 3.68. The van der Waals surface area contributed by atoms with Crippen LogP contribution < -0.4 is 27.0 Å². The van der Waals surface area contributed by atoms with Gasteiger partial charge in [-0.15, -0.1) is 0 Å². The molecule has 0 heterocycles. The summed E-state index contributed by atoms with van der Waals surface area (Å²) in [6.45, 7) is 4.58. The van der Waals surface area contributed by atoms with Gasteiger partial charge in [-0.3, -0.25) is 19.8 Å². The Bertz CT molecular complexity index is 968. The van der Waals surface area contributed by atoms with Crippen molar-refractivity contribution in [3.8, 4) is 0 Å². The molecule has 2 aromatic carbocycles. The van der Waals surface area contributed by atoms with Gasteiger partial charge in [-0.1, -0.05) is 74.5 Å². The van der Waals surface area contributed by atoms with Crippen molar-refractivity contribution < 1.29 is 14.4 Å². The van der Waals surface area contributed by atoms with Crippen LogP contribution in [0.5, 0.6) is 0 Å². The zero-order chi connectivity index (χ0) is 26.3. The first kappa shape index (κ1) is 28.5. The number of nitrogens with one attached hydrogen (secondary N) is 5. The summed E-state index contributed by atoms with van der Waals surface area (Å²) in [7, 11) is 0. The van der Waals surface area contributed by atoms with Gasteiger partial charge in [-0.2, -0.15) is 0 Å². The van der Waals surface area contributed by atoms with Crippen molar-refractivity contribution in [1.29, 1.82) is 5.41 Å². The van der Waals surface area contributed by atoms with Gasteiger partial charge in [0.1, 0.15) is 6.04 Å². The normalized spacial score (nSPS) is 13.3. The van der Waals surface area contributed by atoms with E-state index in [-0.39, 0.29) is 17.8 Å². The van der Waals surface area contributed by atoms with Crippen molar-refractivity contribution in [2.24, 2.45) is 11.7 Å². The number of guanidine groups is 1. The first-order valence-corrected chi connectivity index (χ1v) is 12.2. The highest BCUT2D eigenvalue weighted by Gasteiger charge is 2.29. The third-order valence-electron chi connectivity index (χ3n) is 5.69. The summed E-state index contributed by atoms with van der Waals surface area (Å²) in [6.07, 6.45) is 3.15. The Morgan fingerprint density at radius 3 is 2.11 bits per heavy atom. The van der Waals surface area contributed by atoms with Gasteiger partial charge in [0, 0.05) is 13.1 Å². The van der Waals surface area contributed by atoms with Crippen molar-refractivity contribution >= 4 is 24.1 Å². The molecule has 2 rings (SSSR count). The molecule has 193 valence electrons. The second kappa shape index (κ2) is 15.3. The first-order valence-electron chi connectivity index (χ1n) is 12.2. The summed E-state index contributed by atoms with van der Waals surface area (Å²) in [5, 5.41) is 18.7. The SMILES string of the molecule is CC(C)C(NC(=O)C(Cc1ccccc1)NCc1ccccc1)C(=O)NC([C]=O)CCCNC(=N)N. The van der Waals surface area contributed by atoms with Crippen LogP contribution in [0.2, 0.25) is 0 Å². The summed E-state index contributed by atoms with van der Waals surface area (Å²) >= 11 is 0. The number of amides is 2. The third-order valence-corrected chi connectivity index (χ3v) is 5.69. The maximum absolute atomic E-state index is 13.3. The molecule has 0 aliphatic rings. The molecule has 0 aliphatic heterocycles. The van der Waals surface area contributed by atoms with Crippen molar-refractivity contribution in [2.75, 3.05) is 6.54 Å². The molecule has 9 nitrogen and oxygen atoms in total. The van der Waals surface area contributed by atoms with E-state index < -0.39 is 24.0 Å². The Balaban J connectivity index is 2.05. The molecule has 7 N–H and O–H groups in total. The van der Waals surface area contributed by atoms with E-state index >= 15 is 0 Å².